The van der Waals surface area contributed by atoms with Crippen molar-refractivity contribution in [1.29, 1.82) is 0 Å². The van der Waals surface area contributed by atoms with Gasteiger partial charge in [0.1, 0.15) is 30.1 Å². The first-order chi connectivity index (χ1) is 22.6. The predicted molar refractivity (Wildman–Crippen MR) is 226 cm³/mol. The van der Waals surface area contributed by atoms with Gasteiger partial charge in [-0.05, 0) is 62.1 Å². The molecule has 0 bridgehead atoms. The van der Waals surface area contributed by atoms with Crippen molar-refractivity contribution >= 4 is 0 Å². The van der Waals surface area contributed by atoms with Gasteiger partial charge in [0, 0.05) is 19.3 Å². The van der Waals surface area contributed by atoms with E-state index in [2.05, 4.69) is 0 Å². The Morgan fingerprint density at radius 3 is 0.698 bits per heavy atom. The van der Waals surface area contributed by atoms with Crippen LogP contribution in [0.2, 0.25) is 0 Å². The van der Waals surface area contributed by atoms with Crippen LogP contribution in [0.4, 0.5) is 17.6 Å². The molecule has 2 heterocycles. The maximum absolute atomic E-state index is 11.9. The minimum atomic E-state index is -0.537. The molecule has 3 fully saturated rings. The quantitative estimate of drug-likeness (QED) is 0.167. The summed E-state index contributed by atoms with van der Waals surface area (Å²) in [5.74, 6) is -1.43. The first-order valence-electron chi connectivity index (χ1n) is 16.1. The number of ether oxygens (including phenoxy) is 3. The summed E-state index contributed by atoms with van der Waals surface area (Å²) in [6.07, 6.45) is 14.0. The third kappa shape index (κ3) is 48.5. The highest BCUT2D eigenvalue weighted by atomic mass is 19.1. The van der Waals surface area contributed by atoms with E-state index in [9.17, 15) is 17.6 Å². The maximum Gasteiger partial charge on any atom is 0.146 e. The molecule has 7 rings (SSSR count). The fourth-order valence-corrected chi connectivity index (χ4v) is 3.86. The van der Waals surface area contributed by atoms with Crippen LogP contribution in [0.5, 0.6) is 0 Å². The topological polar surface area (TPSA) is 27.7 Å². The molecule has 3 aliphatic rings. The van der Waals surface area contributed by atoms with Gasteiger partial charge in [-0.25, -0.2) is 17.6 Å². The fraction of sp³-hybridized carbons (Fsp3) is 0.478. The molecule has 0 aromatic heterocycles. The van der Waals surface area contributed by atoms with E-state index >= 15 is 0 Å². The van der Waals surface area contributed by atoms with E-state index in [0.717, 1.165) is 38.9 Å². The van der Waals surface area contributed by atoms with E-state index in [0.29, 0.717) is 6.79 Å². The summed E-state index contributed by atoms with van der Waals surface area (Å²) in [4.78, 5) is 0. The van der Waals surface area contributed by atoms with Gasteiger partial charge in [0.2, 0.25) is 0 Å². The first kappa shape index (κ1) is 64.4. The van der Waals surface area contributed by atoms with Gasteiger partial charge in [0.05, 0.1) is 13.2 Å². The fourth-order valence-electron chi connectivity index (χ4n) is 3.86. The lowest BCUT2D eigenvalue weighted by Crippen LogP contribution is -2.11. The van der Waals surface area contributed by atoms with E-state index in [1.807, 2.05) is 36.4 Å². The van der Waals surface area contributed by atoms with Crippen molar-refractivity contribution in [1.82, 2.24) is 0 Å². The van der Waals surface area contributed by atoms with E-state index in [4.69, 9.17) is 14.2 Å². The predicted octanol–water partition coefficient (Wildman–Crippen LogP) is 15.7. The normalized spacial score (nSPS) is 12.8. The van der Waals surface area contributed by atoms with Crippen LogP contribution in [0.3, 0.4) is 0 Å². The number of hydrogen-bond acceptors (Lipinski definition) is 3. The maximum atomic E-state index is 11.9. The Bertz CT molecular complexity index is 997. The van der Waals surface area contributed by atoms with Crippen LogP contribution in [0.15, 0.2) is 121 Å². The molecule has 4 aromatic rings. The molecule has 0 amide bonds. The van der Waals surface area contributed by atoms with Gasteiger partial charge in [0.15, 0.2) is 0 Å². The smallest absolute Gasteiger partial charge is 0.146 e. The van der Waals surface area contributed by atoms with Crippen LogP contribution in [0, 0.1) is 23.3 Å². The molecular formula is C46H78F4O3. The standard InChI is InChI=1S/C6H4F2.2C6H5F.C6H12.C6H6.C5H10O.C4H8O2.7CH4/c7-5-2-1-3-6(8)4-5;2*7-6-4-2-1-3-5-6;3*1-2-4-6-5-3-1;1-2-5-4-6-3-1;;;;;;;/h1-4H;2*1-5H;1-6H2;1-6H;1-5H2;1-4H2;7*1H4. The van der Waals surface area contributed by atoms with E-state index < -0.39 is 11.6 Å². The molecule has 53 heavy (non-hydrogen) atoms. The summed E-state index contributed by atoms with van der Waals surface area (Å²) in [6.45, 7) is 4.25. The van der Waals surface area contributed by atoms with Crippen LogP contribution >= 0.6 is 0 Å². The molecule has 0 unspecified atom stereocenters. The van der Waals surface area contributed by atoms with Gasteiger partial charge in [-0.1, -0.05) is 169 Å². The lowest BCUT2D eigenvalue weighted by Gasteiger charge is -2.09. The Labute approximate surface area is 325 Å². The second-order valence-corrected chi connectivity index (χ2v) is 10.3. The highest BCUT2D eigenvalue weighted by molar-refractivity contribution is 5.05. The van der Waals surface area contributed by atoms with Crippen LogP contribution in [-0.2, 0) is 14.2 Å². The third-order valence-corrected chi connectivity index (χ3v) is 6.24. The lowest BCUT2D eigenvalue weighted by molar-refractivity contribution is -0.0963. The van der Waals surface area contributed by atoms with Gasteiger partial charge in [0.25, 0.3) is 0 Å². The summed E-state index contributed by atoms with van der Waals surface area (Å²) in [6, 6.07) is 32.4. The number of hydrogen-bond donors (Lipinski definition) is 0. The van der Waals surface area contributed by atoms with Gasteiger partial charge in [-0.3, -0.25) is 0 Å². The molecule has 7 heteroatoms. The zero-order chi connectivity index (χ0) is 33.2. The van der Waals surface area contributed by atoms with Crippen molar-refractivity contribution in [3.8, 4) is 0 Å². The van der Waals surface area contributed by atoms with Crippen LogP contribution < -0.4 is 0 Å². The average molecular weight is 755 g/mol. The van der Waals surface area contributed by atoms with Crippen molar-refractivity contribution in [3.63, 3.8) is 0 Å². The van der Waals surface area contributed by atoms with Gasteiger partial charge < -0.3 is 14.2 Å². The highest BCUT2D eigenvalue weighted by Crippen LogP contribution is 2.15. The molecule has 0 radical (unpaired) electrons. The van der Waals surface area contributed by atoms with Gasteiger partial charge in [-0.2, -0.15) is 0 Å². The Kier molecular flexibility index (Phi) is 61.5. The third-order valence-electron chi connectivity index (χ3n) is 6.24. The Morgan fingerprint density at radius 1 is 0.283 bits per heavy atom. The van der Waals surface area contributed by atoms with Crippen molar-refractivity contribution < 1.29 is 31.8 Å². The molecule has 0 spiro atoms. The van der Waals surface area contributed by atoms with Crippen molar-refractivity contribution in [2.75, 3.05) is 33.2 Å². The zero-order valence-electron chi connectivity index (χ0n) is 26.9. The second kappa shape index (κ2) is 50.6. The Morgan fingerprint density at radius 2 is 0.547 bits per heavy atom. The molecule has 0 N–H and O–H groups in total. The SMILES string of the molecule is C.C.C.C.C.C.C.C1CCCCC1.C1CCOCC1.C1COCOC1.Fc1cccc(F)c1.Fc1ccccc1.Fc1ccccc1.c1ccccc1. The molecule has 0 atom stereocenters. The summed E-state index contributed by atoms with van der Waals surface area (Å²) in [5, 5.41) is 0. The zero-order valence-corrected chi connectivity index (χ0v) is 26.9. The second-order valence-electron chi connectivity index (χ2n) is 10.3. The average Bonchev–Trinajstić information content (AvgIpc) is 3.14. The van der Waals surface area contributed by atoms with Crippen molar-refractivity contribution in [3.05, 3.63) is 145 Å². The number of benzene rings is 4. The van der Waals surface area contributed by atoms with Crippen LogP contribution in [0.1, 0.15) is 116 Å². The number of rotatable bonds is 0. The summed E-state index contributed by atoms with van der Waals surface area (Å²) >= 11 is 0. The molecule has 1 saturated carbocycles. The van der Waals surface area contributed by atoms with E-state index in [1.54, 1.807) is 36.4 Å². The molecule has 2 aliphatic heterocycles. The molecule has 2 saturated heterocycles. The minimum Gasteiger partial charge on any atom is -0.381 e. The lowest BCUT2D eigenvalue weighted by atomic mass is 10.0. The van der Waals surface area contributed by atoms with Gasteiger partial charge >= 0.3 is 0 Å². The molecule has 3 nitrogen and oxygen atoms in total. The first-order valence-corrected chi connectivity index (χ1v) is 16.1. The summed E-state index contributed by atoms with van der Waals surface area (Å²) in [7, 11) is 0. The molecular weight excluding hydrogens is 676 g/mol. The highest BCUT2D eigenvalue weighted by Gasteiger charge is 1.96. The van der Waals surface area contributed by atoms with Crippen LogP contribution in [-0.4, -0.2) is 33.2 Å². The Hall–Kier alpha value is -3.52. The monoisotopic (exact) mass is 755 g/mol. The molecule has 4 aromatic carbocycles. The number of halogens is 4. The van der Waals surface area contributed by atoms with Crippen molar-refractivity contribution in [2.24, 2.45) is 0 Å². The summed E-state index contributed by atoms with van der Waals surface area (Å²) in [5.41, 5.74) is 0. The van der Waals surface area contributed by atoms with E-state index in [-0.39, 0.29) is 63.6 Å². The van der Waals surface area contributed by atoms with Crippen molar-refractivity contribution in [2.45, 2.75) is 116 Å². The Balaban J connectivity index is -0.0000000913. The van der Waals surface area contributed by atoms with E-state index in [1.165, 1.54) is 100 Å². The summed E-state index contributed by atoms with van der Waals surface area (Å²) < 4.78 is 62.4. The van der Waals surface area contributed by atoms with Crippen LogP contribution in [0.25, 0.3) is 0 Å². The van der Waals surface area contributed by atoms with Gasteiger partial charge in [-0.15, -0.1) is 0 Å². The largest absolute Gasteiger partial charge is 0.381 e. The minimum absolute atomic E-state index is 0. The molecule has 308 valence electrons. The molecule has 1 aliphatic carbocycles.